The van der Waals surface area contributed by atoms with Crippen LogP contribution in [-0.2, 0) is 9.53 Å². The van der Waals surface area contributed by atoms with Gasteiger partial charge in [0.25, 0.3) is 0 Å². The molecule has 3 N–H and O–H groups in total. The topological polar surface area (TPSA) is 72.6 Å². The van der Waals surface area contributed by atoms with E-state index >= 15 is 0 Å². The minimum absolute atomic E-state index is 0.138. The van der Waals surface area contributed by atoms with E-state index in [1.165, 1.54) is 0 Å². The molecule has 0 amide bonds. The smallest absolute Gasteiger partial charge is 0.322 e. The molecule has 0 aromatic carbocycles. The first-order chi connectivity index (χ1) is 6.72. The summed E-state index contributed by atoms with van der Waals surface area (Å²) in [6.07, 6.45) is 4.04. The maximum absolute atomic E-state index is 11.2. The number of hydrogen-bond acceptors (Lipinski definition) is 4. The molecule has 1 unspecified atom stereocenters. The van der Waals surface area contributed by atoms with Gasteiger partial charge in [0.1, 0.15) is 6.04 Å². The zero-order valence-corrected chi connectivity index (χ0v) is 8.87. The SMILES string of the molecule is CCCCC(N)C(=O)OCCCCO. The van der Waals surface area contributed by atoms with Gasteiger partial charge < -0.3 is 15.6 Å². The number of nitrogens with two attached hydrogens (primary N) is 1. The van der Waals surface area contributed by atoms with E-state index in [9.17, 15) is 4.79 Å². The Kier molecular flexibility index (Phi) is 8.57. The van der Waals surface area contributed by atoms with Crippen molar-refractivity contribution >= 4 is 5.97 Å². The third-order valence-electron chi connectivity index (χ3n) is 1.97. The van der Waals surface area contributed by atoms with E-state index in [4.69, 9.17) is 15.6 Å². The maximum Gasteiger partial charge on any atom is 0.322 e. The Labute approximate surface area is 85.4 Å². The average molecular weight is 203 g/mol. The Morgan fingerprint density at radius 3 is 2.71 bits per heavy atom. The fourth-order valence-electron chi connectivity index (χ4n) is 1.04. The van der Waals surface area contributed by atoms with Crippen LogP contribution in [0.1, 0.15) is 39.0 Å². The van der Waals surface area contributed by atoms with Gasteiger partial charge in [-0.15, -0.1) is 0 Å². The molecule has 0 aliphatic rings. The van der Waals surface area contributed by atoms with Crippen molar-refractivity contribution in [2.24, 2.45) is 5.73 Å². The molecule has 4 nitrogen and oxygen atoms in total. The van der Waals surface area contributed by atoms with Gasteiger partial charge in [-0.3, -0.25) is 4.79 Å². The molecule has 0 radical (unpaired) electrons. The Hall–Kier alpha value is -0.610. The first-order valence-corrected chi connectivity index (χ1v) is 5.25. The zero-order chi connectivity index (χ0) is 10.8. The molecule has 84 valence electrons. The number of unbranched alkanes of at least 4 members (excludes halogenated alkanes) is 2. The van der Waals surface area contributed by atoms with E-state index in [0.717, 1.165) is 12.8 Å². The van der Waals surface area contributed by atoms with Crippen LogP contribution in [0.5, 0.6) is 0 Å². The molecule has 0 heterocycles. The summed E-state index contributed by atoms with van der Waals surface area (Å²) >= 11 is 0. The van der Waals surface area contributed by atoms with Crippen LogP contribution in [0.15, 0.2) is 0 Å². The predicted molar refractivity (Wildman–Crippen MR) is 54.8 cm³/mol. The molecule has 0 aliphatic heterocycles. The molecule has 4 heteroatoms. The summed E-state index contributed by atoms with van der Waals surface area (Å²) in [6, 6.07) is -0.482. The maximum atomic E-state index is 11.2. The Morgan fingerprint density at radius 2 is 2.14 bits per heavy atom. The molecule has 0 bridgehead atoms. The van der Waals surface area contributed by atoms with Crippen molar-refractivity contribution in [3.63, 3.8) is 0 Å². The van der Waals surface area contributed by atoms with Crippen LogP contribution in [0.2, 0.25) is 0 Å². The molecule has 0 saturated carbocycles. The van der Waals surface area contributed by atoms with Crippen LogP contribution in [0.3, 0.4) is 0 Å². The third kappa shape index (κ3) is 6.86. The Bertz CT molecular complexity index is 150. The van der Waals surface area contributed by atoms with Crippen LogP contribution < -0.4 is 5.73 Å². The highest BCUT2D eigenvalue weighted by molar-refractivity contribution is 5.75. The van der Waals surface area contributed by atoms with Gasteiger partial charge >= 0.3 is 5.97 Å². The van der Waals surface area contributed by atoms with Crippen molar-refractivity contribution in [2.45, 2.75) is 45.1 Å². The van der Waals surface area contributed by atoms with E-state index in [0.29, 0.717) is 25.9 Å². The summed E-state index contributed by atoms with van der Waals surface area (Å²) < 4.78 is 4.93. The minimum atomic E-state index is -0.482. The Morgan fingerprint density at radius 1 is 1.43 bits per heavy atom. The molecule has 0 rings (SSSR count). The summed E-state index contributed by atoms with van der Waals surface area (Å²) in [7, 11) is 0. The quantitative estimate of drug-likeness (QED) is 0.452. The van der Waals surface area contributed by atoms with Gasteiger partial charge in [0.15, 0.2) is 0 Å². The summed E-state index contributed by atoms with van der Waals surface area (Å²) in [5.41, 5.74) is 5.59. The van der Waals surface area contributed by atoms with E-state index in [1.54, 1.807) is 0 Å². The molecule has 0 aromatic heterocycles. The second-order valence-electron chi connectivity index (χ2n) is 3.35. The molecule has 0 aliphatic carbocycles. The largest absolute Gasteiger partial charge is 0.465 e. The first-order valence-electron chi connectivity index (χ1n) is 5.25. The fraction of sp³-hybridized carbons (Fsp3) is 0.900. The van der Waals surface area contributed by atoms with Crippen molar-refractivity contribution in [1.29, 1.82) is 0 Å². The highest BCUT2D eigenvalue weighted by Crippen LogP contribution is 2.00. The van der Waals surface area contributed by atoms with Crippen molar-refractivity contribution in [3.05, 3.63) is 0 Å². The third-order valence-corrected chi connectivity index (χ3v) is 1.97. The number of esters is 1. The van der Waals surface area contributed by atoms with Crippen LogP contribution in [-0.4, -0.2) is 30.3 Å². The fourth-order valence-corrected chi connectivity index (χ4v) is 1.04. The van der Waals surface area contributed by atoms with E-state index in [2.05, 4.69) is 6.92 Å². The standard InChI is InChI=1S/C10H21NO3/c1-2-3-6-9(11)10(13)14-8-5-4-7-12/h9,12H,2-8,11H2,1H3. The van der Waals surface area contributed by atoms with Gasteiger partial charge in [-0.25, -0.2) is 0 Å². The predicted octanol–water partition coefficient (Wildman–Crippen LogP) is 0.820. The summed E-state index contributed by atoms with van der Waals surface area (Å²) in [5, 5.41) is 8.49. The van der Waals surface area contributed by atoms with E-state index in [-0.39, 0.29) is 12.6 Å². The van der Waals surface area contributed by atoms with Gasteiger partial charge in [0.05, 0.1) is 6.61 Å². The second-order valence-corrected chi connectivity index (χ2v) is 3.35. The number of hydrogen-bond donors (Lipinski definition) is 2. The summed E-state index contributed by atoms with van der Waals surface area (Å²) in [4.78, 5) is 11.2. The van der Waals surface area contributed by atoms with Gasteiger partial charge in [-0.05, 0) is 19.3 Å². The number of rotatable bonds is 8. The number of ether oxygens (including phenoxy) is 1. The summed E-state index contributed by atoms with van der Waals surface area (Å²) in [6.45, 7) is 2.55. The van der Waals surface area contributed by atoms with Gasteiger partial charge in [-0.1, -0.05) is 19.8 Å². The Balaban J connectivity index is 3.42. The van der Waals surface area contributed by atoms with E-state index < -0.39 is 6.04 Å². The monoisotopic (exact) mass is 203 g/mol. The number of carbonyl (C=O) groups is 1. The van der Waals surface area contributed by atoms with Crippen molar-refractivity contribution in [1.82, 2.24) is 0 Å². The number of aliphatic hydroxyl groups excluding tert-OH is 1. The molecule has 0 saturated heterocycles. The lowest BCUT2D eigenvalue weighted by atomic mass is 10.1. The lowest BCUT2D eigenvalue weighted by molar-refractivity contribution is -0.145. The van der Waals surface area contributed by atoms with Gasteiger partial charge in [0.2, 0.25) is 0 Å². The van der Waals surface area contributed by atoms with Gasteiger partial charge in [-0.2, -0.15) is 0 Å². The van der Waals surface area contributed by atoms with Crippen LogP contribution in [0.4, 0.5) is 0 Å². The minimum Gasteiger partial charge on any atom is -0.465 e. The molecule has 0 aromatic rings. The van der Waals surface area contributed by atoms with Crippen molar-refractivity contribution in [3.8, 4) is 0 Å². The van der Waals surface area contributed by atoms with Crippen LogP contribution in [0.25, 0.3) is 0 Å². The average Bonchev–Trinajstić information content (AvgIpc) is 2.20. The lowest BCUT2D eigenvalue weighted by Crippen LogP contribution is -2.32. The molecular formula is C10H21NO3. The van der Waals surface area contributed by atoms with Crippen LogP contribution >= 0.6 is 0 Å². The first kappa shape index (κ1) is 13.4. The second kappa shape index (κ2) is 8.97. The highest BCUT2D eigenvalue weighted by Gasteiger charge is 2.13. The van der Waals surface area contributed by atoms with Gasteiger partial charge in [0, 0.05) is 6.61 Å². The van der Waals surface area contributed by atoms with Crippen molar-refractivity contribution < 1.29 is 14.6 Å². The van der Waals surface area contributed by atoms with E-state index in [1.807, 2.05) is 0 Å². The number of carbonyl (C=O) groups excluding carboxylic acids is 1. The lowest BCUT2D eigenvalue weighted by Gasteiger charge is -2.10. The molecule has 0 fully saturated rings. The summed E-state index contributed by atoms with van der Waals surface area (Å²) in [5.74, 6) is -0.323. The normalized spacial score (nSPS) is 12.5. The number of aliphatic hydroxyl groups is 1. The molecule has 14 heavy (non-hydrogen) atoms. The molecular weight excluding hydrogens is 182 g/mol. The zero-order valence-electron chi connectivity index (χ0n) is 8.87. The molecule has 1 atom stereocenters. The highest BCUT2D eigenvalue weighted by atomic mass is 16.5. The van der Waals surface area contributed by atoms with Crippen LogP contribution in [0, 0.1) is 0 Å². The molecule has 0 spiro atoms. The van der Waals surface area contributed by atoms with Crippen molar-refractivity contribution in [2.75, 3.05) is 13.2 Å².